The quantitative estimate of drug-likeness (QED) is 0.802. The summed E-state index contributed by atoms with van der Waals surface area (Å²) in [5, 5.41) is 11.8. The Morgan fingerprint density at radius 3 is 2.56 bits per heavy atom. The molecule has 0 fully saturated rings. The summed E-state index contributed by atoms with van der Waals surface area (Å²) in [6, 6.07) is 5.13. The van der Waals surface area contributed by atoms with Crippen LogP contribution in [0.25, 0.3) is 0 Å². The largest absolute Gasteiger partial charge is 0.417 e. The van der Waals surface area contributed by atoms with Crippen LogP contribution in [-0.2, 0) is 6.18 Å². The highest BCUT2D eigenvalue weighted by Gasteiger charge is 2.33. The Hall–Kier alpha value is -1.70. The molecule has 1 rings (SSSR count). The number of rotatable bonds is 5. The normalized spacial score (nSPS) is 11.1. The molecule has 98 valence electrons. The summed E-state index contributed by atoms with van der Waals surface area (Å²) in [4.78, 5) is 0. The molecule has 0 radical (unpaired) electrons. The number of nitrogens with zero attached hydrogens (tertiary/aromatic N) is 1. The minimum atomic E-state index is -4.48. The smallest absolute Gasteiger partial charge is 0.385 e. The zero-order valence-electron chi connectivity index (χ0n) is 10.1. The first-order chi connectivity index (χ1) is 8.49. The van der Waals surface area contributed by atoms with Crippen molar-refractivity contribution in [2.45, 2.75) is 32.4 Å². The van der Waals surface area contributed by atoms with Crippen LogP contribution in [0.15, 0.2) is 18.2 Å². The first kappa shape index (κ1) is 14.4. The highest BCUT2D eigenvalue weighted by Crippen LogP contribution is 2.32. The van der Waals surface area contributed by atoms with Gasteiger partial charge in [-0.1, -0.05) is 19.8 Å². The van der Waals surface area contributed by atoms with Crippen LogP contribution in [0, 0.1) is 11.3 Å². The van der Waals surface area contributed by atoms with E-state index < -0.39 is 11.7 Å². The van der Waals surface area contributed by atoms with Gasteiger partial charge in [0, 0.05) is 12.2 Å². The number of nitriles is 1. The molecule has 0 unspecified atom stereocenters. The van der Waals surface area contributed by atoms with Gasteiger partial charge in [0.05, 0.1) is 17.2 Å². The Labute approximate surface area is 104 Å². The predicted octanol–water partition coefficient (Wildman–Crippen LogP) is 4.18. The zero-order chi connectivity index (χ0) is 13.6. The maximum Gasteiger partial charge on any atom is 0.417 e. The molecule has 0 aliphatic heterocycles. The standard InChI is InChI=1S/C13H15F3N2/c1-2-3-4-7-18-11-5-6-12(13(14,15)16)10(8-11)9-17/h5-6,8,18H,2-4,7H2,1H3. The van der Waals surface area contributed by atoms with Gasteiger partial charge in [0.15, 0.2) is 0 Å². The topological polar surface area (TPSA) is 35.8 Å². The van der Waals surface area contributed by atoms with Gasteiger partial charge in [-0.2, -0.15) is 18.4 Å². The molecule has 0 aromatic heterocycles. The molecule has 1 N–H and O–H groups in total. The number of unbranched alkanes of at least 4 members (excludes halogenated alkanes) is 2. The lowest BCUT2D eigenvalue weighted by Crippen LogP contribution is -2.09. The summed E-state index contributed by atoms with van der Waals surface area (Å²) in [5.41, 5.74) is -0.678. The monoisotopic (exact) mass is 256 g/mol. The van der Waals surface area contributed by atoms with E-state index in [1.807, 2.05) is 0 Å². The van der Waals surface area contributed by atoms with Crippen molar-refractivity contribution in [3.05, 3.63) is 29.3 Å². The third kappa shape index (κ3) is 3.95. The molecule has 0 aliphatic rings. The molecule has 1 aromatic carbocycles. The first-order valence-electron chi connectivity index (χ1n) is 5.84. The fourth-order valence-corrected chi connectivity index (χ4v) is 1.60. The lowest BCUT2D eigenvalue weighted by Gasteiger charge is -2.11. The van der Waals surface area contributed by atoms with E-state index in [4.69, 9.17) is 5.26 Å². The van der Waals surface area contributed by atoms with E-state index in [0.29, 0.717) is 12.2 Å². The summed E-state index contributed by atoms with van der Waals surface area (Å²) in [6.45, 7) is 2.77. The van der Waals surface area contributed by atoms with Gasteiger partial charge in [-0.15, -0.1) is 0 Å². The minimum Gasteiger partial charge on any atom is -0.385 e. The fourth-order valence-electron chi connectivity index (χ4n) is 1.60. The Kier molecular flexibility index (Phi) is 5.02. The van der Waals surface area contributed by atoms with Gasteiger partial charge in [0.2, 0.25) is 0 Å². The minimum absolute atomic E-state index is 0.344. The van der Waals surface area contributed by atoms with E-state index in [0.717, 1.165) is 25.3 Å². The number of benzene rings is 1. The fraction of sp³-hybridized carbons (Fsp3) is 0.462. The van der Waals surface area contributed by atoms with Crippen molar-refractivity contribution in [3.8, 4) is 6.07 Å². The lowest BCUT2D eigenvalue weighted by molar-refractivity contribution is -0.137. The number of nitrogens with one attached hydrogen (secondary N) is 1. The molecule has 0 bridgehead atoms. The highest BCUT2D eigenvalue weighted by molar-refractivity contribution is 5.53. The Bertz CT molecular complexity index is 433. The average molecular weight is 256 g/mol. The van der Waals surface area contributed by atoms with E-state index in [9.17, 15) is 13.2 Å². The van der Waals surface area contributed by atoms with Crippen LogP contribution in [0.2, 0.25) is 0 Å². The Morgan fingerprint density at radius 1 is 1.28 bits per heavy atom. The summed E-state index contributed by atoms with van der Waals surface area (Å²) in [7, 11) is 0. The first-order valence-corrected chi connectivity index (χ1v) is 5.84. The van der Waals surface area contributed by atoms with Crippen molar-refractivity contribution in [3.63, 3.8) is 0 Å². The van der Waals surface area contributed by atoms with E-state index in [-0.39, 0.29) is 5.56 Å². The molecule has 0 amide bonds. The molecule has 1 aromatic rings. The molecular weight excluding hydrogens is 241 g/mol. The summed E-state index contributed by atoms with van der Waals surface area (Å²) >= 11 is 0. The second-order valence-corrected chi connectivity index (χ2v) is 4.00. The molecule has 0 saturated heterocycles. The van der Waals surface area contributed by atoms with E-state index in [1.54, 1.807) is 6.07 Å². The number of anilines is 1. The predicted molar refractivity (Wildman–Crippen MR) is 64.2 cm³/mol. The Balaban J connectivity index is 2.77. The number of halogens is 3. The summed E-state index contributed by atoms with van der Waals surface area (Å²) < 4.78 is 37.6. The van der Waals surface area contributed by atoms with Crippen LogP contribution in [0.1, 0.15) is 37.3 Å². The van der Waals surface area contributed by atoms with Gasteiger partial charge in [0.25, 0.3) is 0 Å². The van der Waals surface area contributed by atoms with Gasteiger partial charge >= 0.3 is 6.18 Å². The molecule has 2 nitrogen and oxygen atoms in total. The molecule has 0 heterocycles. The molecule has 0 saturated carbocycles. The maximum absolute atomic E-state index is 12.5. The van der Waals surface area contributed by atoms with Crippen LogP contribution >= 0.6 is 0 Å². The second-order valence-electron chi connectivity index (χ2n) is 4.00. The van der Waals surface area contributed by atoms with Gasteiger partial charge in [-0.05, 0) is 24.6 Å². The number of hydrogen-bond acceptors (Lipinski definition) is 2. The summed E-state index contributed by atoms with van der Waals surface area (Å²) in [6.07, 6.45) is -1.37. The SMILES string of the molecule is CCCCCNc1ccc(C(F)(F)F)c(C#N)c1. The van der Waals surface area contributed by atoms with E-state index in [1.165, 1.54) is 12.1 Å². The third-order valence-electron chi connectivity index (χ3n) is 2.55. The van der Waals surface area contributed by atoms with Gasteiger partial charge in [-0.25, -0.2) is 0 Å². The zero-order valence-corrected chi connectivity index (χ0v) is 10.1. The average Bonchev–Trinajstić information content (AvgIpc) is 2.33. The molecule has 0 spiro atoms. The second kappa shape index (κ2) is 6.29. The van der Waals surface area contributed by atoms with Gasteiger partial charge in [0.1, 0.15) is 0 Å². The van der Waals surface area contributed by atoms with Crippen LogP contribution in [0.4, 0.5) is 18.9 Å². The molecule has 5 heteroatoms. The van der Waals surface area contributed by atoms with Crippen molar-refractivity contribution in [2.24, 2.45) is 0 Å². The van der Waals surface area contributed by atoms with Crippen molar-refractivity contribution in [1.29, 1.82) is 5.26 Å². The van der Waals surface area contributed by atoms with Crippen LogP contribution in [0.5, 0.6) is 0 Å². The van der Waals surface area contributed by atoms with Crippen molar-refractivity contribution >= 4 is 5.69 Å². The number of alkyl halides is 3. The van der Waals surface area contributed by atoms with Crippen molar-refractivity contribution < 1.29 is 13.2 Å². The van der Waals surface area contributed by atoms with Crippen molar-refractivity contribution in [1.82, 2.24) is 0 Å². The molecule has 0 atom stereocenters. The maximum atomic E-state index is 12.5. The highest BCUT2D eigenvalue weighted by atomic mass is 19.4. The van der Waals surface area contributed by atoms with Crippen LogP contribution in [0.3, 0.4) is 0 Å². The molecule has 0 aliphatic carbocycles. The van der Waals surface area contributed by atoms with Gasteiger partial charge < -0.3 is 5.32 Å². The Morgan fingerprint density at radius 2 is 2.00 bits per heavy atom. The molecular formula is C13H15F3N2. The van der Waals surface area contributed by atoms with Crippen molar-refractivity contribution in [2.75, 3.05) is 11.9 Å². The van der Waals surface area contributed by atoms with Crippen LogP contribution in [-0.4, -0.2) is 6.54 Å². The van der Waals surface area contributed by atoms with Crippen LogP contribution < -0.4 is 5.32 Å². The summed E-state index contributed by atoms with van der Waals surface area (Å²) in [5.74, 6) is 0. The van der Waals surface area contributed by atoms with E-state index >= 15 is 0 Å². The van der Waals surface area contributed by atoms with E-state index in [2.05, 4.69) is 12.2 Å². The lowest BCUT2D eigenvalue weighted by atomic mass is 10.1. The molecule has 18 heavy (non-hydrogen) atoms. The number of hydrogen-bond donors (Lipinski definition) is 1. The third-order valence-corrected chi connectivity index (χ3v) is 2.55. The van der Waals surface area contributed by atoms with Gasteiger partial charge in [-0.3, -0.25) is 0 Å².